The van der Waals surface area contributed by atoms with Crippen LogP contribution >= 0.6 is 0 Å². The van der Waals surface area contributed by atoms with Crippen LogP contribution < -0.4 is 10.1 Å². The first-order valence-corrected chi connectivity index (χ1v) is 5.73. The third-order valence-electron chi connectivity index (χ3n) is 2.34. The van der Waals surface area contributed by atoms with Gasteiger partial charge in [-0.05, 0) is 19.1 Å². The molecule has 0 saturated carbocycles. The van der Waals surface area contributed by atoms with Gasteiger partial charge in [-0.1, -0.05) is 17.3 Å². The van der Waals surface area contributed by atoms with Gasteiger partial charge in [0.1, 0.15) is 5.75 Å². The number of nitrogens with one attached hydrogen (secondary N) is 1. The summed E-state index contributed by atoms with van der Waals surface area (Å²) in [5.74, 6) is 0.164. The normalized spacial score (nSPS) is 10.6. The van der Waals surface area contributed by atoms with Gasteiger partial charge in [-0.15, -0.1) is 0 Å². The lowest BCUT2D eigenvalue weighted by Gasteiger charge is -2.10. The molecule has 0 fully saturated rings. The number of nitriles is 1. The van der Waals surface area contributed by atoms with Gasteiger partial charge in [-0.3, -0.25) is 4.79 Å². The van der Waals surface area contributed by atoms with Crippen LogP contribution in [0.15, 0.2) is 29.4 Å². The molecule has 2 N–H and O–H groups in total. The van der Waals surface area contributed by atoms with Crippen molar-refractivity contribution in [2.75, 3.05) is 13.2 Å². The van der Waals surface area contributed by atoms with Gasteiger partial charge in [-0.2, -0.15) is 5.26 Å². The first-order chi connectivity index (χ1) is 9.19. The summed E-state index contributed by atoms with van der Waals surface area (Å²) in [6.07, 6.45) is 0.263. The molecule has 1 rings (SSSR count). The van der Waals surface area contributed by atoms with Crippen LogP contribution in [-0.2, 0) is 4.79 Å². The fraction of sp³-hybridized carbons (Fsp3) is 0.308. The molecule has 0 atom stereocenters. The number of rotatable bonds is 6. The lowest BCUT2D eigenvalue weighted by Crippen LogP contribution is -2.29. The number of benzene rings is 1. The molecule has 1 amide bonds. The summed E-state index contributed by atoms with van der Waals surface area (Å²) in [4.78, 5) is 11.4. The second kappa shape index (κ2) is 7.71. The number of nitrogens with zero attached hydrogens (tertiary/aromatic N) is 2. The van der Waals surface area contributed by atoms with E-state index in [1.807, 2.05) is 6.07 Å². The summed E-state index contributed by atoms with van der Waals surface area (Å²) in [6, 6.07) is 8.89. The SMILES string of the molecule is C/C(=N\O)c1ccccc1OCC(=O)NCCC#N. The van der Waals surface area contributed by atoms with Crippen molar-refractivity contribution in [1.82, 2.24) is 5.32 Å². The van der Waals surface area contributed by atoms with Crippen LogP contribution in [0.1, 0.15) is 18.9 Å². The fourth-order valence-electron chi connectivity index (χ4n) is 1.40. The minimum absolute atomic E-state index is 0.152. The van der Waals surface area contributed by atoms with Crippen LogP contribution in [0.2, 0.25) is 0 Å². The van der Waals surface area contributed by atoms with Crippen LogP contribution in [-0.4, -0.2) is 30.0 Å². The van der Waals surface area contributed by atoms with E-state index in [2.05, 4.69) is 10.5 Å². The average Bonchev–Trinajstić information content (AvgIpc) is 2.45. The molecule has 0 heterocycles. The Kier molecular flexibility index (Phi) is 5.89. The van der Waals surface area contributed by atoms with Gasteiger partial charge >= 0.3 is 0 Å². The second-order valence-electron chi connectivity index (χ2n) is 3.73. The lowest BCUT2D eigenvalue weighted by molar-refractivity contribution is -0.123. The van der Waals surface area contributed by atoms with Crippen molar-refractivity contribution in [2.45, 2.75) is 13.3 Å². The van der Waals surface area contributed by atoms with E-state index < -0.39 is 0 Å². The molecule has 0 spiro atoms. The molecule has 0 saturated heterocycles. The summed E-state index contributed by atoms with van der Waals surface area (Å²) in [5, 5.41) is 22.8. The molecule has 6 nitrogen and oxygen atoms in total. The van der Waals surface area contributed by atoms with Gasteiger partial charge < -0.3 is 15.3 Å². The summed E-state index contributed by atoms with van der Waals surface area (Å²) in [5.41, 5.74) is 1.02. The minimum Gasteiger partial charge on any atom is -0.483 e. The number of ether oxygens (including phenoxy) is 1. The Morgan fingerprint density at radius 2 is 2.26 bits per heavy atom. The number of amides is 1. The number of hydrogen-bond donors (Lipinski definition) is 2. The highest BCUT2D eigenvalue weighted by Crippen LogP contribution is 2.18. The second-order valence-corrected chi connectivity index (χ2v) is 3.73. The van der Waals surface area contributed by atoms with Gasteiger partial charge in [0, 0.05) is 12.1 Å². The standard InChI is InChI=1S/C13H15N3O3/c1-10(16-18)11-5-2-3-6-12(11)19-9-13(17)15-8-4-7-14/h2-3,5-6,18H,4,8-9H2,1H3,(H,15,17)/b16-10+. The predicted molar refractivity (Wildman–Crippen MR) is 69.2 cm³/mol. The largest absolute Gasteiger partial charge is 0.483 e. The Hall–Kier alpha value is -2.55. The van der Waals surface area contributed by atoms with Crippen molar-refractivity contribution in [1.29, 1.82) is 5.26 Å². The highest BCUT2D eigenvalue weighted by Gasteiger charge is 2.08. The van der Waals surface area contributed by atoms with E-state index in [1.54, 1.807) is 31.2 Å². The lowest BCUT2D eigenvalue weighted by atomic mass is 10.1. The van der Waals surface area contributed by atoms with Crippen LogP contribution in [0.4, 0.5) is 0 Å². The van der Waals surface area contributed by atoms with Crippen LogP contribution in [0.5, 0.6) is 5.75 Å². The van der Waals surface area contributed by atoms with Gasteiger partial charge in [-0.25, -0.2) is 0 Å². The number of para-hydroxylation sites is 1. The van der Waals surface area contributed by atoms with Crippen molar-refractivity contribution in [2.24, 2.45) is 5.16 Å². The summed E-state index contributed by atoms with van der Waals surface area (Å²) in [7, 11) is 0. The van der Waals surface area contributed by atoms with Crippen LogP contribution in [0.25, 0.3) is 0 Å². The molecule has 0 bridgehead atoms. The number of oxime groups is 1. The Bertz CT molecular complexity index is 506. The van der Waals surface area contributed by atoms with Crippen molar-refractivity contribution in [3.05, 3.63) is 29.8 Å². The third-order valence-corrected chi connectivity index (χ3v) is 2.34. The van der Waals surface area contributed by atoms with E-state index in [0.29, 0.717) is 23.6 Å². The van der Waals surface area contributed by atoms with E-state index in [9.17, 15) is 4.79 Å². The zero-order valence-corrected chi connectivity index (χ0v) is 10.6. The molecule has 0 aliphatic carbocycles. The highest BCUT2D eigenvalue weighted by molar-refractivity contribution is 6.00. The Balaban J connectivity index is 2.59. The van der Waals surface area contributed by atoms with Crippen molar-refractivity contribution in [3.63, 3.8) is 0 Å². The zero-order chi connectivity index (χ0) is 14.1. The van der Waals surface area contributed by atoms with Gasteiger partial charge in [0.05, 0.1) is 18.2 Å². The topological polar surface area (TPSA) is 94.7 Å². The van der Waals surface area contributed by atoms with Gasteiger partial charge in [0.25, 0.3) is 5.91 Å². The quantitative estimate of drug-likeness (QED) is 0.349. The molecular weight excluding hydrogens is 246 g/mol. The van der Waals surface area contributed by atoms with Gasteiger partial charge in [0.2, 0.25) is 0 Å². The van der Waals surface area contributed by atoms with E-state index in [-0.39, 0.29) is 18.9 Å². The maximum absolute atomic E-state index is 11.4. The third kappa shape index (κ3) is 4.68. The Labute approximate surface area is 111 Å². The van der Waals surface area contributed by atoms with E-state index in [1.165, 1.54) is 0 Å². The minimum atomic E-state index is -0.302. The van der Waals surface area contributed by atoms with Crippen molar-refractivity contribution >= 4 is 11.6 Å². The van der Waals surface area contributed by atoms with Crippen LogP contribution in [0, 0.1) is 11.3 Å². The van der Waals surface area contributed by atoms with Crippen molar-refractivity contribution in [3.8, 4) is 11.8 Å². The molecule has 19 heavy (non-hydrogen) atoms. The predicted octanol–water partition coefficient (Wildman–Crippen LogP) is 1.29. The first-order valence-electron chi connectivity index (χ1n) is 5.73. The Morgan fingerprint density at radius 1 is 1.53 bits per heavy atom. The molecule has 0 aromatic heterocycles. The number of carbonyl (C=O) groups excluding carboxylic acids is 1. The molecule has 0 radical (unpaired) electrons. The monoisotopic (exact) mass is 261 g/mol. The highest BCUT2D eigenvalue weighted by atomic mass is 16.5. The maximum Gasteiger partial charge on any atom is 0.257 e. The zero-order valence-electron chi connectivity index (χ0n) is 10.6. The smallest absolute Gasteiger partial charge is 0.257 e. The molecule has 100 valence electrons. The molecule has 0 unspecified atom stereocenters. The molecular formula is C13H15N3O3. The number of carbonyl (C=O) groups is 1. The maximum atomic E-state index is 11.4. The Morgan fingerprint density at radius 3 is 2.95 bits per heavy atom. The number of hydrogen-bond acceptors (Lipinski definition) is 5. The molecule has 0 aliphatic heterocycles. The molecule has 1 aromatic carbocycles. The van der Waals surface area contributed by atoms with E-state index in [0.717, 1.165) is 0 Å². The molecule has 0 aliphatic rings. The van der Waals surface area contributed by atoms with Crippen LogP contribution in [0.3, 0.4) is 0 Å². The molecule has 1 aromatic rings. The molecule has 6 heteroatoms. The summed E-state index contributed by atoms with van der Waals surface area (Å²) in [6.45, 7) is 1.79. The van der Waals surface area contributed by atoms with Crippen molar-refractivity contribution < 1.29 is 14.7 Å². The average molecular weight is 261 g/mol. The summed E-state index contributed by atoms with van der Waals surface area (Å²) < 4.78 is 5.37. The van der Waals surface area contributed by atoms with E-state index >= 15 is 0 Å². The first kappa shape index (κ1) is 14.5. The summed E-state index contributed by atoms with van der Waals surface area (Å²) >= 11 is 0. The fourth-order valence-corrected chi connectivity index (χ4v) is 1.40. The van der Waals surface area contributed by atoms with E-state index in [4.69, 9.17) is 15.2 Å². The van der Waals surface area contributed by atoms with Gasteiger partial charge in [0.15, 0.2) is 6.61 Å².